The first-order valence-corrected chi connectivity index (χ1v) is 11.1. The Labute approximate surface area is 190 Å². The van der Waals surface area contributed by atoms with Gasteiger partial charge >= 0.3 is 0 Å². The number of thiazole rings is 1. The molecule has 0 saturated heterocycles. The van der Waals surface area contributed by atoms with E-state index < -0.39 is 0 Å². The molecule has 3 aromatic rings. The van der Waals surface area contributed by atoms with Gasteiger partial charge in [-0.15, -0.1) is 11.3 Å². The van der Waals surface area contributed by atoms with Crippen molar-refractivity contribution >= 4 is 40.4 Å². The van der Waals surface area contributed by atoms with E-state index in [1.54, 1.807) is 18.2 Å². The van der Waals surface area contributed by atoms with Crippen LogP contribution in [0.25, 0.3) is 0 Å². The Morgan fingerprint density at radius 2 is 1.87 bits per heavy atom. The van der Waals surface area contributed by atoms with Gasteiger partial charge in [0.05, 0.1) is 17.3 Å². The second-order valence-electron chi connectivity index (χ2n) is 6.99. The van der Waals surface area contributed by atoms with Crippen LogP contribution >= 0.6 is 34.5 Å². The number of likely N-dealkylation sites (N-methyl/N-ethyl adjacent to an activating group) is 1. The number of rotatable bonds is 9. The molecule has 1 aromatic heterocycles. The van der Waals surface area contributed by atoms with E-state index in [1.807, 2.05) is 54.7 Å². The smallest absolute Gasteiger partial charge is 0.254 e. The fourth-order valence-corrected chi connectivity index (χ4v) is 3.78. The Morgan fingerprint density at radius 1 is 1.10 bits per heavy atom. The maximum atomic E-state index is 13.0. The molecule has 0 N–H and O–H groups in total. The predicted molar refractivity (Wildman–Crippen MR) is 123 cm³/mol. The van der Waals surface area contributed by atoms with Gasteiger partial charge in [0.15, 0.2) is 0 Å². The highest BCUT2D eigenvalue weighted by molar-refractivity contribution is 7.09. The first-order chi connectivity index (χ1) is 14.4. The van der Waals surface area contributed by atoms with Crippen LogP contribution in [0.15, 0.2) is 53.9 Å². The molecule has 30 heavy (non-hydrogen) atoms. The topological polar surface area (TPSA) is 45.7 Å². The van der Waals surface area contributed by atoms with Crippen molar-refractivity contribution in [1.29, 1.82) is 0 Å². The van der Waals surface area contributed by atoms with Crippen LogP contribution < -0.4 is 4.74 Å². The third-order valence-electron chi connectivity index (χ3n) is 4.32. The lowest BCUT2D eigenvalue weighted by Crippen LogP contribution is -2.36. The molecule has 8 heteroatoms. The van der Waals surface area contributed by atoms with Crippen molar-refractivity contribution in [2.24, 2.45) is 0 Å². The molecular weight excluding hydrogens is 441 g/mol. The molecule has 3 rings (SSSR count). The third-order valence-corrected chi connectivity index (χ3v) is 5.74. The first-order valence-electron chi connectivity index (χ1n) is 9.42. The zero-order chi connectivity index (χ0) is 21.5. The summed E-state index contributed by atoms with van der Waals surface area (Å²) in [6, 6.07) is 14.4. The highest BCUT2D eigenvalue weighted by Crippen LogP contribution is 2.28. The van der Waals surface area contributed by atoms with E-state index in [2.05, 4.69) is 9.88 Å². The van der Waals surface area contributed by atoms with Crippen LogP contribution in [-0.4, -0.2) is 47.9 Å². The fourth-order valence-electron chi connectivity index (χ4n) is 2.75. The van der Waals surface area contributed by atoms with Crippen LogP contribution in [0.5, 0.6) is 5.75 Å². The van der Waals surface area contributed by atoms with Gasteiger partial charge < -0.3 is 14.5 Å². The number of hydrogen-bond acceptors (Lipinski definition) is 5. The number of halogens is 2. The summed E-state index contributed by atoms with van der Waals surface area (Å²) >= 11 is 13.6. The predicted octanol–water partition coefficient (Wildman–Crippen LogP) is 5.23. The number of ether oxygens (including phenoxy) is 1. The van der Waals surface area contributed by atoms with Crippen LogP contribution in [-0.2, 0) is 13.2 Å². The van der Waals surface area contributed by atoms with Gasteiger partial charge in [-0.2, -0.15) is 0 Å². The van der Waals surface area contributed by atoms with Crippen LogP contribution in [0.2, 0.25) is 10.0 Å². The number of amides is 1. The Balaban J connectivity index is 1.67. The molecular formula is C22H23Cl2N3O2S. The third kappa shape index (κ3) is 6.44. The Bertz CT molecular complexity index is 980. The second-order valence-corrected chi connectivity index (χ2v) is 8.78. The SMILES string of the molecule is CN(C)CCN(Cc1csc(COc2cc(Cl)ccc2Cl)n1)C(=O)c1ccccc1. The maximum absolute atomic E-state index is 13.0. The molecule has 0 unspecified atom stereocenters. The van der Waals surface area contributed by atoms with E-state index >= 15 is 0 Å². The Morgan fingerprint density at radius 3 is 2.60 bits per heavy atom. The van der Waals surface area contributed by atoms with Gasteiger partial charge in [0.1, 0.15) is 17.4 Å². The van der Waals surface area contributed by atoms with E-state index in [1.165, 1.54) is 11.3 Å². The van der Waals surface area contributed by atoms with Gasteiger partial charge in [0, 0.05) is 35.1 Å². The summed E-state index contributed by atoms with van der Waals surface area (Å²) in [4.78, 5) is 21.5. The summed E-state index contributed by atoms with van der Waals surface area (Å²) in [6.07, 6.45) is 0. The molecule has 1 amide bonds. The molecule has 0 atom stereocenters. The van der Waals surface area contributed by atoms with Gasteiger partial charge in [-0.25, -0.2) is 4.98 Å². The standard InChI is InChI=1S/C22H23Cl2N3O2S/c1-26(2)10-11-27(22(28)16-6-4-3-5-7-16)13-18-15-30-21(25-18)14-29-20-12-17(23)8-9-19(20)24/h3-9,12,15H,10-11,13-14H2,1-2H3. The molecule has 2 aromatic carbocycles. The van der Waals surface area contributed by atoms with Crippen LogP contribution in [0.4, 0.5) is 0 Å². The number of nitrogens with zero attached hydrogens (tertiary/aromatic N) is 3. The van der Waals surface area contributed by atoms with E-state index in [0.29, 0.717) is 34.4 Å². The Kier molecular flexibility index (Phi) is 8.10. The quantitative estimate of drug-likeness (QED) is 0.435. The molecule has 0 fully saturated rings. The lowest BCUT2D eigenvalue weighted by Gasteiger charge is -2.23. The number of benzene rings is 2. The fraction of sp³-hybridized carbons (Fsp3) is 0.273. The molecule has 5 nitrogen and oxygen atoms in total. The lowest BCUT2D eigenvalue weighted by molar-refractivity contribution is 0.0730. The minimum absolute atomic E-state index is 0.00559. The van der Waals surface area contributed by atoms with Crippen molar-refractivity contribution in [1.82, 2.24) is 14.8 Å². The summed E-state index contributed by atoms with van der Waals surface area (Å²) in [5.74, 6) is 0.516. The van der Waals surface area contributed by atoms with Crippen LogP contribution in [0.3, 0.4) is 0 Å². The molecule has 0 bridgehead atoms. The van der Waals surface area contributed by atoms with Gasteiger partial charge in [-0.3, -0.25) is 4.79 Å². The average Bonchev–Trinajstić information content (AvgIpc) is 3.19. The normalized spacial score (nSPS) is 11.0. The van der Waals surface area contributed by atoms with Crippen LogP contribution in [0.1, 0.15) is 21.1 Å². The number of aromatic nitrogens is 1. The zero-order valence-corrected chi connectivity index (χ0v) is 19.2. The van der Waals surface area contributed by atoms with Gasteiger partial charge in [0.25, 0.3) is 5.91 Å². The number of hydrogen-bond donors (Lipinski definition) is 0. The highest BCUT2D eigenvalue weighted by Gasteiger charge is 2.18. The highest BCUT2D eigenvalue weighted by atomic mass is 35.5. The number of carbonyl (C=O) groups is 1. The molecule has 0 spiro atoms. The minimum atomic E-state index is -0.00559. The average molecular weight is 464 g/mol. The molecule has 1 heterocycles. The van der Waals surface area contributed by atoms with Gasteiger partial charge in [0.2, 0.25) is 0 Å². The summed E-state index contributed by atoms with van der Waals surface area (Å²) in [5, 5.41) is 3.82. The molecule has 0 saturated carbocycles. The summed E-state index contributed by atoms with van der Waals surface area (Å²) < 4.78 is 5.76. The monoisotopic (exact) mass is 463 g/mol. The molecule has 0 aliphatic heterocycles. The van der Waals surface area contributed by atoms with Crippen LogP contribution in [0, 0.1) is 0 Å². The van der Waals surface area contributed by atoms with Gasteiger partial charge in [-0.05, 0) is 38.4 Å². The molecule has 0 radical (unpaired) electrons. The maximum Gasteiger partial charge on any atom is 0.254 e. The van der Waals surface area contributed by atoms with E-state index in [4.69, 9.17) is 27.9 Å². The van der Waals surface area contributed by atoms with E-state index in [9.17, 15) is 4.79 Å². The minimum Gasteiger partial charge on any atom is -0.485 e. The van der Waals surface area contributed by atoms with E-state index in [-0.39, 0.29) is 12.5 Å². The molecule has 158 valence electrons. The number of carbonyl (C=O) groups excluding carboxylic acids is 1. The van der Waals surface area contributed by atoms with Crippen molar-refractivity contribution in [2.75, 3.05) is 27.2 Å². The zero-order valence-electron chi connectivity index (χ0n) is 16.8. The first kappa shape index (κ1) is 22.6. The van der Waals surface area contributed by atoms with Gasteiger partial charge in [-0.1, -0.05) is 41.4 Å². The Hall–Kier alpha value is -2.12. The van der Waals surface area contributed by atoms with Crippen molar-refractivity contribution in [3.8, 4) is 5.75 Å². The van der Waals surface area contributed by atoms with Crippen molar-refractivity contribution in [2.45, 2.75) is 13.2 Å². The van der Waals surface area contributed by atoms with Crippen molar-refractivity contribution in [3.63, 3.8) is 0 Å². The van der Waals surface area contributed by atoms with Crippen molar-refractivity contribution in [3.05, 3.63) is 80.2 Å². The molecule has 0 aliphatic rings. The van der Waals surface area contributed by atoms with Crippen molar-refractivity contribution < 1.29 is 9.53 Å². The summed E-state index contributed by atoms with van der Waals surface area (Å²) in [6.45, 7) is 2.11. The molecule has 0 aliphatic carbocycles. The summed E-state index contributed by atoms with van der Waals surface area (Å²) in [5.41, 5.74) is 1.50. The second kappa shape index (κ2) is 10.8. The summed E-state index contributed by atoms with van der Waals surface area (Å²) in [7, 11) is 3.98. The largest absolute Gasteiger partial charge is 0.485 e. The van der Waals surface area contributed by atoms with E-state index in [0.717, 1.165) is 17.2 Å². The lowest BCUT2D eigenvalue weighted by atomic mass is 10.2.